The molecule has 0 aliphatic carbocycles. The summed E-state index contributed by atoms with van der Waals surface area (Å²) in [5.41, 5.74) is 2.51. The van der Waals surface area contributed by atoms with Gasteiger partial charge in [-0.05, 0) is 13.3 Å². The molecule has 0 saturated carbocycles. The minimum absolute atomic E-state index is 0.0409. The number of carbonyl (C=O) groups excluding carboxylic acids is 2. The van der Waals surface area contributed by atoms with Gasteiger partial charge >= 0.3 is 0 Å². The van der Waals surface area contributed by atoms with Gasteiger partial charge in [0.25, 0.3) is 11.8 Å². The number of rotatable bonds is 5. The summed E-state index contributed by atoms with van der Waals surface area (Å²) in [6, 6.07) is 1.63. The Morgan fingerprint density at radius 3 is 2.66 bits per heavy atom. The van der Waals surface area contributed by atoms with E-state index >= 15 is 0 Å². The van der Waals surface area contributed by atoms with E-state index in [0.29, 0.717) is 56.4 Å². The smallest absolute Gasteiger partial charge is 0.276 e. The van der Waals surface area contributed by atoms with Gasteiger partial charge in [0.1, 0.15) is 5.76 Å². The predicted octanol–water partition coefficient (Wildman–Crippen LogP) is 0.309. The van der Waals surface area contributed by atoms with Gasteiger partial charge in [0, 0.05) is 58.0 Å². The summed E-state index contributed by atoms with van der Waals surface area (Å²) in [5, 5.41) is 11.1. The second kappa shape index (κ2) is 8.34. The molecule has 4 rings (SSSR count). The molecule has 4 heterocycles. The van der Waals surface area contributed by atoms with Gasteiger partial charge < -0.3 is 19.1 Å². The Morgan fingerprint density at radius 2 is 1.97 bits per heavy atom. The molecule has 0 unspecified atom stereocenters. The fraction of sp³-hybridized carbons (Fsp3) is 0.579. The maximum atomic E-state index is 13.0. The van der Waals surface area contributed by atoms with Crippen molar-refractivity contribution >= 4 is 11.8 Å². The Balaban J connectivity index is 1.39. The first-order valence-electron chi connectivity index (χ1n) is 9.86. The number of piperazine rings is 1. The molecule has 1 N–H and O–H groups in total. The largest absolute Gasteiger partial charge is 0.383 e. The quantitative estimate of drug-likeness (QED) is 0.767. The van der Waals surface area contributed by atoms with E-state index in [1.807, 2.05) is 4.90 Å². The van der Waals surface area contributed by atoms with Crippen molar-refractivity contribution in [3.63, 3.8) is 0 Å². The fourth-order valence-corrected chi connectivity index (χ4v) is 3.84. The molecular weight excluding hydrogens is 376 g/mol. The Morgan fingerprint density at radius 1 is 1.17 bits per heavy atom. The number of fused-ring (bicyclic) bond motifs is 1. The van der Waals surface area contributed by atoms with Gasteiger partial charge in [0.05, 0.1) is 18.8 Å². The molecule has 0 radical (unpaired) electrons. The SMILES string of the molecule is COCCN1CCN(C(=O)c2n[nH]c3c2CCN(C(=O)c2cc(C)on2)C3)CC1. The van der Waals surface area contributed by atoms with E-state index < -0.39 is 0 Å². The van der Waals surface area contributed by atoms with Crippen molar-refractivity contribution in [2.75, 3.05) is 53.0 Å². The maximum Gasteiger partial charge on any atom is 0.276 e. The molecule has 29 heavy (non-hydrogen) atoms. The molecule has 2 amide bonds. The highest BCUT2D eigenvalue weighted by Crippen LogP contribution is 2.23. The minimum atomic E-state index is -0.179. The minimum Gasteiger partial charge on any atom is -0.383 e. The van der Waals surface area contributed by atoms with E-state index in [1.54, 1.807) is 25.0 Å². The van der Waals surface area contributed by atoms with Gasteiger partial charge in [-0.3, -0.25) is 19.6 Å². The molecule has 1 fully saturated rings. The zero-order valence-corrected chi connectivity index (χ0v) is 16.8. The molecule has 2 aromatic rings. The van der Waals surface area contributed by atoms with Gasteiger partial charge in [0.15, 0.2) is 11.4 Å². The normalized spacial score (nSPS) is 17.4. The van der Waals surface area contributed by atoms with E-state index in [0.717, 1.165) is 30.9 Å². The first kappa shape index (κ1) is 19.6. The summed E-state index contributed by atoms with van der Waals surface area (Å²) in [6.45, 7) is 7.26. The number of aromatic nitrogens is 3. The summed E-state index contributed by atoms with van der Waals surface area (Å²) in [4.78, 5) is 31.4. The Labute approximate surface area is 168 Å². The zero-order valence-electron chi connectivity index (χ0n) is 16.8. The molecule has 0 bridgehead atoms. The lowest BCUT2D eigenvalue weighted by Gasteiger charge is -2.34. The van der Waals surface area contributed by atoms with Crippen LogP contribution < -0.4 is 0 Å². The van der Waals surface area contributed by atoms with E-state index in [2.05, 4.69) is 20.3 Å². The number of aromatic amines is 1. The molecule has 0 aromatic carbocycles. The van der Waals surface area contributed by atoms with E-state index in [-0.39, 0.29) is 11.8 Å². The Kier molecular flexibility index (Phi) is 5.63. The fourth-order valence-electron chi connectivity index (χ4n) is 3.84. The van der Waals surface area contributed by atoms with E-state index in [4.69, 9.17) is 9.26 Å². The predicted molar refractivity (Wildman–Crippen MR) is 102 cm³/mol. The zero-order chi connectivity index (χ0) is 20.4. The Bertz CT molecular complexity index is 883. The third kappa shape index (κ3) is 4.03. The standard InChI is InChI=1S/C19H26N6O4/c1-13-11-15(22-29-13)18(26)25-4-3-14-16(12-25)20-21-17(14)19(27)24-7-5-23(6-8-24)9-10-28-2/h11H,3-10,12H2,1-2H3,(H,20,21). The first-order chi connectivity index (χ1) is 14.1. The monoisotopic (exact) mass is 402 g/mol. The van der Waals surface area contributed by atoms with Crippen LogP contribution in [-0.4, -0.2) is 94.9 Å². The van der Waals surface area contributed by atoms with Crippen LogP contribution in [0.4, 0.5) is 0 Å². The van der Waals surface area contributed by atoms with Crippen LogP contribution in [0.5, 0.6) is 0 Å². The number of hydrogen-bond acceptors (Lipinski definition) is 7. The second-order valence-electron chi connectivity index (χ2n) is 7.46. The highest BCUT2D eigenvalue weighted by atomic mass is 16.5. The van der Waals surface area contributed by atoms with Crippen molar-refractivity contribution in [1.82, 2.24) is 30.1 Å². The van der Waals surface area contributed by atoms with Crippen LogP contribution >= 0.6 is 0 Å². The van der Waals surface area contributed by atoms with Gasteiger partial charge in [-0.1, -0.05) is 5.16 Å². The molecule has 0 atom stereocenters. The summed E-state index contributed by atoms with van der Waals surface area (Å²) in [6.07, 6.45) is 0.587. The van der Waals surface area contributed by atoms with Crippen molar-refractivity contribution < 1.29 is 18.8 Å². The summed E-state index contributed by atoms with van der Waals surface area (Å²) in [7, 11) is 1.70. The van der Waals surface area contributed by atoms with Gasteiger partial charge in [-0.2, -0.15) is 5.10 Å². The number of nitrogens with one attached hydrogen (secondary N) is 1. The van der Waals surface area contributed by atoms with Crippen LogP contribution in [0.2, 0.25) is 0 Å². The molecule has 156 valence electrons. The van der Waals surface area contributed by atoms with Gasteiger partial charge in [-0.15, -0.1) is 0 Å². The van der Waals surface area contributed by atoms with Crippen molar-refractivity contribution in [3.05, 3.63) is 34.5 Å². The van der Waals surface area contributed by atoms with Crippen LogP contribution in [0.1, 0.15) is 38.0 Å². The molecule has 10 heteroatoms. The molecule has 10 nitrogen and oxygen atoms in total. The highest BCUT2D eigenvalue weighted by molar-refractivity contribution is 5.95. The lowest BCUT2D eigenvalue weighted by atomic mass is 10.0. The van der Waals surface area contributed by atoms with E-state index in [9.17, 15) is 9.59 Å². The van der Waals surface area contributed by atoms with E-state index in [1.165, 1.54) is 0 Å². The number of hydrogen-bond donors (Lipinski definition) is 1. The summed E-state index contributed by atoms with van der Waals surface area (Å²) >= 11 is 0. The third-order valence-electron chi connectivity index (χ3n) is 5.54. The lowest BCUT2D eigenvalue weighted by molar-refractivity contribution is 0.0587. The summed E-state index contributed by atoms with van der Waals surface area (Å²) < 4.78 is 10.1. The van der Waals surface area contributed by atoms with Gasteiger partial charge in [0.2, 0.25) is 0 Å². The molecule has 2 aliphatic heterocycles. The van der Waals surface area contributed by atoms with Crippen LogP contribution in [0.25, 0.3) is 0 Å². The van der Waals surface area contributed by atoms with Crippen molar-refractivity contribution in [1.29, 1.82) is 0 Å². The number of ether oxygens (including phenoxy) is 1. The van der Waals surface area contributed by atoms with Gasteiger partial charge in [-0.25, -0.2) is 0 Å². The van der Waals surface area contributed by atoms with Crippen LogP contribution in [0.3, 0.4) is 0 Å². The molecule has 2 aliphatic rings. The highest BCUT2D eigenvalue weighted by Gasteiger charge is 2.31. The average molecular weight is 402 g/mol. The van der Waals surface area contributed by atoms with Crippen molar-refractivity contribution in [3.8, 4) is 0 Å². The molecule has 0 spiro atoms. The average Bonchev–Trinajstić information content (AvgIpc) is 3.37. The maximum absolute atomic E-state index is 13.0. The number of H-pyrrole nitrogens is 1. The number of amides is 2. The molecule has 1 saturated heterocycles. The topological polar surface area (TPSA) is 108 Å². The Hall–Kier alpha value is -2.72. The van der Waals surface area contributed by atoms with Crippen LogP contribution in [-0.2, 0) is 17.7 Å². The third-order valence-corrected chi connectivity index (χ3v) is 5.54. The number of methoxy groups -OCH3 is 1. The van der Waals surface area contributed by atoms with Crippen LogP contribution in [0, 0.1) is 6.92 Å². The summed E-state index contributed by atoms with van der Waals surface area (Å²) in [5.74, 6) is 0.380. The lowest BCUT2D eigenvalue weighted by Crippen LogP contribution is -2.49. The molecular formula is C19H26N6O4. The first-order valence-corrected chi connectivity index (χ1v) is 9.86. The number of nitrogens with zero attached hydrogens (tertiary/aromatic N) is 5. The second-order valence-corrected chi connectivity index (χ2v) is 7.46. The number of carbonyl (C=O) groups is 2. The number of aryl methyl sites for hydroxylation is 1. The van der Waals surface area contributed by atoms with Crippen molar-refractivity contribution in [2.24, 2.45) is 0 Å². The van der Waals surface area contributed by atoms with Crippen LogP contribution in [0.15, 0.2) is 10.6 Å². The van der Waals surface area contributed by atoms with Crippen molar-refractivity contribution in [2.45, 2.75) is 19.9 Å². The molecule has 2 aromatic heterocycles.